The van der Waals surface area contributed by atoms with Crippen LogP contribution in [0.15, 0.2) is 34.1 Å². The van der Waals surface area contributed by atoms with Crippen LogP contribution in [0.5, 0.6) is 0 Å². The molecule has 0 aromatic heterocycles. The van der Waals surface area contributed by atoms with Gasteiger partial charge in [-0.1, -0.05) is 12.1 Å². The van der Waals surface area contributed by atoms with Crippen molar-refractivity contribution in [2.75, 3.05) is 13.3 Å². The second kappa shape index (κ2) is 8.94. The summed E-state index contributed by atoms with van der Waals surface area (Å²) in [5.41, 5.74) is 6.24. The smallest absolute Gasteiger partial charge is 0.242 e. The van der Waals surface area contributed by atoms with Crippen LogP contribution < -0.4 is 10.5 Å². The highest BCUT2D eigenvalue weighted by atomic mass is 32.2. The van der Waals surface area contributed by atoms with E-state index in [0.29, 0.717) is 31.7 Å². The van der Waals surface area contributed by atoms with Gasteiger partial charge in [-0.2, -0.15) is 0 Å². The van der Waals surface area contributed by atoms with Crippen LogP contribution in [0.4, 0.5) is 0 Å². The van der Waals surface area contributed by atoms with Gasteiger partial charge in [0.15, 0.2) is 9.84 Å². The number of amides is 1. The Hall–Kier alpha value is -1.49. The summed E-state index contributed by atoms with van der Waals surface area (Å²) in [6.45, 7) is 0. The molecule has 2 aliphatic rings. The molecule has 3 rings (SSSR count). The Labute approximate surface area is 179 Å². The number of hydrogen-bond acceptors (Lipinski definition) is 6. The molecule has 8 nitrogen and oxygen atoms in total. The molecule has 3 N–H and O–H groups in total. The lowest BCUT2D eigenvalue weighted by atomic mass is 9.81. The lowest BCUT2D eigenvalue weighted by molar-refractivity contribution is -0.136. The summed E-state index contributed by atoms with van der Waals surface area (Å²) in [6.07, 6.45) is 6.59. The molecule has 0 bridgehead atoms. The molecule has 0 spiro atoms. The lowest BCUT2D eigenvalue weighted by Crippen LogP contribution is -2.52. The fourth-order valence-corrected chi connectivity index (χ4v) is 7.18. The summed E-state index contributed by atoms with van der Waals surface area (Å²) in [5, 5.41) is 0. The molecule has 2 saturated carbocycles. The maximum absolute atomic E-state index is 12.8. The highest BCUT2D eigenvalue weighted by Gasteiger charge is 2.35. The van der Waals surface area contributed by atoms with E-state index < -0.39 is 25.9 Å². The average Bonchev–Trinajstić information content (AvgIpc) is 2.65. The molecule has 30 heavy (non-hydrogen) atoms. The minimum absolute atomic E-state index is 0.0177. The first-order valence-electron chi connectivity index (χ1n) is 10.3. The van der Waals surface area contributed by atoms with E-state index in [1.165, 1.54) is 24.3 Å². The van der Waals surface area contributed by atoms with E-state index >= 15 is 0 Å². The SMILES string of the molecule is CN(C(=O)[C@@H](N)C1CCC(NS(=O)(=O)c2ccccc2S(C)(=O)=O)CC1)C1CCC1. The number of carbonyl (C=O) groups is 1. The minimum atomic E-state index is -3.98. The van der Waals surface area contributed by atoms with Crippen LogP contribution >= 0.6 is 0 Å². The van der Waals surface area contributed by atoms with Crippen molar-refractivity contribution >= 4 is 25.8 Å². The van der Waals surface area contributed by atoms with Gasteiger partial charge in [0.25, 0.3) is 0 Å². The van der Waals surface area contributed by atoms with E-state index in [2.05, 4.69) is 4.72 Å². The largest absolute Gasteiger partial charge is 0.341 e. The van der Waals surface area contributed by atoms with Crippen LogP contribution in [0.1, 0.15) is 44.9 Å². The second-order valence-corrected chi connectivity index (χ2v) is 12.2. The summed E-state index contributed by atoms with van der Waals surface area (Å²) >= 11 is 0. The molecular weight excluding hydrogens is 426 g/mol. The molecule has 2 aliphatic carbocycles. The van der Waals surface area contributed by atoms with Crippen molar-refractivity contribution in [1.29, 1.82) is 0 Å². The van der Waals surface area contributed by atoms with E-state index in [1.807, 2.05) is 7.05 Å². The molecule has 1 aromatic rings. The summed E-state index contributed by atoms with van der Waals surface area (Å²) in [5.74, 6) is -0.0186. The highest BCUT2D eigenvalue weighted by molar-refractivity contribution is 7.93. The van der Waals surface area contributed by atoms with Gasteiger partial charge < -0.3 is 10.6 Å². The molecule has 0 heterocycles. The predicted octanol–water partition coefficient (Wildman–Crippen LogP) is 1.27. The van der Waals surface area contributed by atoms with Crippen LogP contribution in [-0.2, 0) is 24.7 Å². The van der Waals surface area contributed by atoms with E-state index in [0.717, 1.165) is 25.5 Å². The van der Waals surface area contributed by atoms with Gasteiger partial charge in [-0.15, -0.1) is 0 Å². The third-order valence-corrected chi connectivity index (χ3v) is 9.26. The van der Waals surface area contributed by atoms with E-state index in [4.69, 9.17) is 5.73 Å². The number of nitrogens with zero attached hydrogens (tertiary/aromatic N) is 1. The van der Waals surface area contributed by atoms with Crippen molar-refractivity contribution < 1.29 is 21.6 Å². The first kappa shape index (κ1) is 23.2. The van der Waals surface area contributed by atoms with Crippen molar-refractivity contribution in [3.63, 3.8) is 0 Å². The molecule has 2 fully saturated rings. The fourth-order valence-electron chi connectivity index (χ4n) is 4.25. The van der Waals surface area contributed by atoms with Gasteiger partial charge in [-0.05, 0) is 63.0 Å². The van der Waals surface area contributed by atoms with Crippen LogP contribution in [-0.4, -0.2) is 59.1 Å². The number of sulfonamides is 1. The zero-order chi connectivity index (χ0) is 22.1. The molecule has 0 aliphatic heterocycles. The van der Waals surface area contributed by atoms with Gasteiger partial charge in [0.2, 0.25) is 15.9 Å². The summed E-state index contributed by atoms with van der Waals surface area (Å²) in [7, 11) is -5.85. The number of carbonyl (C=O) groups excluding carboxylic acids is 1. The quantitative estimate of drug-likeness (QED) is 0.635. The highest BCUT2D eigenvalue weighted by Crippen LogP contribution is 2.30. The third-order valence-electron chi connectivity index (χ3n) is 6.39. The van der Waals surface area contributed by atoms with Gasteiger partial charge in [0, 0.05) is 25.4 Å². The Morgan fingerprint density at radius 3 is 2.10 bits per heavy atom. The zero-order valence-electron chi connectivity index (χ0n) is 17.5. The van der Waals surface area contributed by atoms with E-state index in [-0.39, 0.29) is 27.7 Å². The Morgan fingerprint density at radius 2 is 1.60 bits per heavy atom. The van der Waals surface area contributed by atoms with Crippen LogP contribution in [0, 0.1) is 5.92 Å². The van der Waals surface area contributed by atoms with Crippen molar-refractivity contribution in [2.24, 2.45) is 11.7 Å². The molecule has 168 valence electrons. The van der Waals surface area contributed by atoms with Crippen molar-refractivity contribution in [3.8, 4) is 0 Å². The molecule has 10 heteroatoms. The maximum Gasteiger partial charge on any atom is 0.242 e. The zero-order valence-corrected chi connectivity index (χ0v) is 19.1. The normalized spacial score (nSPS) is 24.1. The fraction of sp³-hybridized carbons (Fsp3) is 0.650. The lowest BCUT2D eigenvalue weighted by Gasteiger charge is -2.38. The third kappa shape index (κ3) is 5.04. The maximum atomic E-state index is 12.8. The number of nitrogens with two attached hydrogens (primary N) is 1. The van der Waals surface area contributed by atoms with Gasteiger partial charge in [-0.25, -0.2) is 21.6 Å². The number of nitrogens with one attached hydrogen (secondary N) is 1. The molecule has 0 unspecified atom stereocenters. The van der Waals surface area contributed by atoms with Gasteiger partial charge in [0.05, 0.1) is 10.9 Å². The Morgan fingerprint density at radius 1 is 1.03 bits per heavy atom. The molecule has 1 amide bonds. The Kier molecular flexibility index (Phi) is 6.91. The topological polar surface area (TPSA) is 127 Å². The van der Waals surface area contributed by atoms with Crippen molar-refractivity contribution in [1.82, 2.24) is 9.62 Å². The molecular formula is C20H31N3O5S2. The Balaban J connectivity index is 1.61. The average molecular weight is 458 g/mol. The second-order valence-electron chi connectivity index (χ2n) is 8.51. The van der Waals surface area contributed by atoms with Crippen LogP contribution in [0.2, 0.25) is 0 Å². The van der Waals surface area contributed by atoms with Crippen LogP contribution in [0.25, 0.3) is 0 Å². The monoisotopic (exact) mass is 457 g/mol. The summed E-state index contributed by atoms with van der Waals surface area (Å²) in [4.78, 5) is 14.0. The summed E-state index contributed by atoms with van der Waals surface area (Å²) < 4.78 is 52.2. The number of likely N-dealkylation sites (N-methyl/N-ethyl adjacent to an activating group) is 1. The molecule has 1 atom stereocenters. The molecule has 1 aromatic carbocycles. The Bertz CT molecular complexity index is 981. The molecule has 0 radical (unpaired) electrons. The standard InChI is InChI=1S/C20H31N3O5S2/c1-23(16-6-5-7-16)20(24)19(21)14-10-12-15(13-11-14)22-30(27,28)18-9-4-3-8-17(18)29(2,25)26/h3-4,8-9,14-16,19,22H,5-7,10-13,21H2,1-2H3/t14?,15?,19-/m0/s1. The van der Waals surface area contributed by atoms with Gasteiger partial charge in [-0.3, -0.25) is 4.79 Å². The van der Waals surface area contributed by atoms with Crippen LogP contribution in [0.3, 0.4) is 0 Å². The summed E-state index contributed by atoms with van der Waals surface area (Å²) in [6, 6.07) is 5.01. The van der Waals surface area contributed by atoms with Crippen molar-refractivity contribution in [2.45, 2.75) is 72.9 Å². The number of benzene rings is 1. The number of hydrogen-bond donors (Lipinski definition) is 2. The first-order chi connectivity index (χ1) is 14.0. The first-order valence-corrected chi connectivity index (χ1v) is 13.7. The van der Waals surface area contributed by atoms with Gasteiger partial charge in [0.1, 0.15) is 4.90 Å². The molecule has 0 saturated heterocycles. The number of rotatable bonds is 7. The van der Waals surface area contributed by atoms with E-state index in [9.17, 15) is 21.6 Å². The number of sulfone groups is 1. The predicted molar refractivity (Wildman–Crippen MR) is 114 cm³/mol. The van der Waals surface area contributed by atoms with E-state index in [1.54, 1.807) is 4.90 Å². The van der Waals surface area contributed by atoms with Crippen molar-refractivity contribution in [3.05, 3.63) is 24.3 Å². The van der Waals surface area contributed by atoms with Gasteiger partial charge >= 0.3 is 0 Å². The minimum Gasteiger partial charge on any atom is -0.341 e.